The van der Waals surface area contributed by atoms with Crippen LogP contribution in [0.25, 0.3) is 0 Å². The van der Waals surface area contributed by atoms with Crippen molar-refractivity contribution in [2.75, 3.05) is 5.73 Å². The number of anilines is 1. The highest BCUT2D eigenvalue weighted by molar-refractivity contribution is 6.33. The molecule has 15 heavy (non-hydrogen) atoms. The molecule has 0 aliphatic carbocycles. The number of nitro benzene ring substituents is 1. The zero-order valence-corrected chi connectivity index (χ0v) is 7.76. The maximum absolute atomic E-state index is 12.4. The van der Waals surface area contributed by atoms with Gasteiger partial charge in [-0.25, -0.2) is 0 Å². The minimum atomic E-state index is -4.91. The Balaban J connectivity index is 3.57. The lowest BCUT2D eigenvalue weighted by Crippen LogP contribution is -2.12. The van der Waals surface area contributed by atoms with Gasteiger partial charge < -0.3 is 5.73 Å². The molecule has 0 fully saturated rings. The average Bonchev–Trinajstić information content (AvgIpc) is 2.06. The summed E-state index contributed by atoms with van der Waals surface area (Å²) in [4.78, 5) is 9.18. The van der Waals surface area contributed by atoms with Gasteiger partial charge in [-0.05, 0) is 6.07 Å². The molecule has 4 nitrogen and oxygen atoms in total. The molecule has 0 heterocycles. The van der Waals surface area contributed by atoms with Crippen molar-refractivity contribution >= 4 is 23.0 Å². The van der Waals surface area contributed by atoms with Gasteiger partial charge in [-0.1, -0.05) is 11.6 Å². The first-order valence-electron chi connectivity index (χ1n) is 3.54. The Labute approximate surface area is 86.6 Å². The number of halogens is 4. The summed E-state index contributed by atoms with van der Waals surface area (Å²) in [5.74, 6) is 0. The Morgan fingerprint density at radius 1 is 1.40 bits per heavy atom. The van der Waals surface area contributed by atoms with E-state index in [4.69, 9.17) is 17.3 Å². The highest BCUT2D eigenvalue weighted by Gasteiger charge is 2.41. The molecule has 0 unspecified atom stereocenters. The monoisotopic (exact) mass is 240 g/mol. The van der Waals surface area contributed by atoms with Crippen molar-refractivity contribution in [3.8, 4) is 0 Å². The second-order valence-electron chi connectivity index (χ2n) is 2.61. The van der Waals surface area contributed by atoms with Gasteiger partial charge in [-0.2, -0.15) is 13.2 Å². The molecule has 0 amide bonds. The molecule has 0 atom stereocenters. The molecule has 2 N–H and O–H groups in total. The van der Waals surface area contributed by atoms with E-state index in [9.17, 15) is 23.3 Å². The second kappa shape index (κ2) is 3.58. The maximum Gasteiger partial charge on any atom is 0.425 e. The van der Waals surface area contributed by atoms with E-state index < -0.39 is 28.0 Å². The fourth-order valence-corrected chi connectivity index (χ4v) is 1.19. The van der Waals surface area contributed by atoms with Crippen molar-refractivity contribution in [2.24, 2.45) is 0 Å². The van der Waals surface area contributed by atoms with Crippen molar-refractivity contribution in [1.82, 2.24) is 0 Å². The SMILES string of the molecule is Nc1c(Cl)ccc([N+](=O)[O-])c1C(F)(F)F. The molecule has 0 bridgehead atoms. The third kappa shape index (κ3) is 2.12. The summed E-state index contributed by atoms with van der Waals surface area (Å²) in [6.07, 6.45) is -4.91. The van der Waals surface area contributed by atoms with Gasteiger partial charge in [0.1, 0.15) is 0 Å². The van der Waals surface area contributed by atoms with Crippen molar-refractivity contribution in [3.05, 3.63) is 32.8 Å². The number of nitro groups is 1. The Kier molecular flexibility index (Phi) is 2.76. The van der Waals surface area contributed by atoms with E-state index in [2.05, 4.69) is 0 Å². The van der Waals surface area contributed by atoms with Crippen LogP contribution < -0.4 is 5.73 Å². The van der Waals surface area contributed by atoms with Gasteiger partial charge in [-0.15, -0.1) is 0 Å². The van der Waals surface area contributed by atoms with Gasteiger partial charge in [0.15, 0.2) is 5.56 Å². The topological polar surface area (TPSA) is 69.2 Å². The summed E-state index contributed by atoms with van der Waals surface area (Å²) in [5.41, 5.74) is 1.60. The highest BCUT2D eigenvalue weighted by Crippen LogP contribution is 2.42. The molecule has 1 aromatic rings. The van der Waals surface area contributed by atoms with Gasteiger partial charge >= 0.3 is 6.18 Å². The molecule has 0 aliphatic heterocycles. The first-order valence-corrected chi connectivity index (χ1v) is 3.92. The van der Waals surface area contributed by atoms with E-state index in [-0.39, 0.29) is 5.02 Å². The summed E-state index contributed by atoms with van der Waals surface area (Å²) in [6.45, 7) is 0. The average molecular weight is 241 g/mol. The number of alkyl halides is 3. The predicted octanol–water partition coefficient (Wildman–Crippen LogP) is 2.85. The normalized spacial score (nSPS) is 11.5. The molecule has 1 aromatic carbocycles. The molecular formula is C7H4ClF3N2O2. The number of nitrogens with zero attached hydrogens (tertiary/aromatic N) is 1. The number of nitrogen functional groups attached to an aromatic ring is 1. The van der Waals surface area contributed by atoms with Gasteiger partial charge in [0.05, 0.1) is 15.6 Å². The third-order valence-electron chi connectivity index (χ3n) is 1.65. The van der Waals surface area contributed by atoms with E-state index in [0.717, 1.165) is 6.07 Å². The largest absolute Gasteiger partial charge is 0.425 e. The van der Waals surface area contributed by atoms with Crippen LogP contribution in [0, 0.1) is 10.1 Å². The van der Waals surface area contributed by atoms with E-state index in [0.29, 0.717) is 6.07 Å². The fraction of sp³-hybridized carbons (Fsp3) is 0.143. The predicted molar refractivity (Wildman–Crippen MR) is 47.5 cm³/mol. The Bertz CT molecular complexity index is 419. The minimum absolute atomic E-state index is 0.368. The molecular weight excluding hydrogens is 237 g/mol. The summed E-state index contributed by atoms with van der Waals surface area (Å²) in [5, 5.41) is 9.97. The van der Waals surface area contributed by atoms with Crippen LogP contribution in [0.2, 0.25) is 5.02 Å². The van der Waals surface area contributed by atoms with Crippen LogP contribution >= 0.6 is 11.6 Å². The molecule has 0 saturated heterocycles. The second-order valence-corrected chi connectivity index (χ2v) is 3.02. The standard InChI is InChI=1S/C7H4ClF3N2O2/c8-3-1-2-4(13(14)15)5(6(3)12)7(9,10)11/h1-2H,12H2. The Morgan fingerprint density at radius 2 is 1.93 bits per heavy atom. The molecule has 0 radical (unpaired) electrons. The van der Waals surface area contributed by atoms with E-state index in [1.807, 2.05) is 0 Å². The maximum atomic E-state index is 12.4. The van der Waals surface area contributed by atoms with Gasteiger partial charge in [-0.3, -0.25) is 10.1 Å². The summed E-state index contributed by atoms with van der Waals surface area (Å²) in [6, 6.07) is 1.62. The van der Waals surface area contributed by atoms with Crippen molar-refractivity contribution in [3.63, 3.8) is 0 Å². The quantitative estimate of drug-likeness (QED) is 0.466. The van der Waals surface area contributed by atoms with Crippen LogP contribution in [-0.4, -0.2) is 4.92 Å². The van der Waals surface area contributed by atoms with Crippen LogP contribution in [0.4, 0.5) is 24.5 Å². The number of hydrogen-bond acceptors (Lipinski definition) is 3. The van der Waals surface area contributed by atoms with E-state index >= 15 is 0 Å². The Morgan fingerprint density at radius 3 is 2.33 bits per heavy atom. The lowest BCUT2D eigenvalue weighted by atomic mass is 10.1. The molecule has 82 valence electrons. The van der Waals surface area contributed by atoms with Crippen LogP contribution in [0.3, 0.4) is 0 Å². The molecule has 0 aromatic heterocycles. The van der Waals surface area contributed by atoms with Crippen LogP contribution in [0.1, 0.15) is 5.56 Å². The summed E-state index contributed by atoms with van der Waals surface area (Å²) in [7, 11) is 0. The smallest absolute Gasteiger partial charge is 0.397 e. The highest BCUT2D eigenvalue weighted by atomic mass is 35.5. The van der Waals surface area contributed by atoms with Crippen LogP contribution in [0.5, 0.6) is 0 Å². The number of rotatable bonds is 1. The molecule has 8 heteroatoms. The Hall–Kier alpha value is -1.50. The molecule has 0 spiro atoms. The summed E-state index contributed by atoms with van der Waals surface area (Å²) >= 11 is 5.35. The molecule has 0 saturated carbocycles. The third-order valence-corrected chi connectivity index (χ3v) is 1.98. The minimum Gasteiger partial charge on any atom is -0.397 e. The number of benzene rings is 1. The van der Waals surface area contributed by atoms with Gasteiger partial charge in [0.25, 0.3) is 5.69 Å². The molecule has 0 aliphatic rings. The van der Waals surface area contributed by atoms with Crippen LogP contribution in [0.15, 0.2) is 12.1 Å². The van der Waals surface area contributed by atoms with E-state index in [1.165, 1.54) is 0 Å². The van der Waals surface area contributed by atoms with Crippen molar-refractivity contribution in [2.45, 2.75) is 6.18 Å². The van der Waals surface area contributed by atoms with Crippen LogP contribution in [-0.2, 0) is 6.18 Å². The van der Waals surface area contributed by atoms with Gasteiger partial charge in [0.2, 0.25) is 0 Å². The lowest BCUT2D eigenvalue weighted by Gasteiger charge is -2.10. The zero-order chi connectivity index (χ0) is 11.8. The number of hydrogen-bond donors (Lipinski definition) is 1. The van der Waals surface area contributed by atoms with Crippen molar-refractivity contribution in [1.29, 1.82) is 0 Å². The van der Waals surface area contributed by atoms with Gasteiger partial charge in [0, 0.05) is 6.07 Å². The summed E-state index contributed by atoms with van der Waals surface area (Å²) < 4.78 is 37.2. The first kappa shape index (κ1) is 11.6. The number of nitrogens with two attached hydrogens (primary N) is 1. The molecule has 1 rings (SSSR count). The van der Waals surface area contributed by atoms with Crippen molar-refractivity contribution < 1.29 is 18.1 Å². The lowest BCUT2D eigenvalue weighted by molar-refractivity contribution is -0.387. The first-order chi connectivity index (χ1) is 6.75. The zero-order valence-electron chi connectivity index (χ0n) is 7.01. The van der Waals surface area contributed by atoms with E-state index in [1.54, 1.807) is 0 Å². The fourth-order valence-electron chi connectivity index (χ4n) is 1.03.